The van der Waals surface area contributed by atoms with Crippen molar-refractivity contribution in [3.05, 3.63) is 71.5 Å². The van der Waals surface area contributed by atoms with Crippen LogP contribution in [0.1, 0.15) is 16.7 Å². The zero-order chi connectivity index (χ0) is 13.2. The SMILES string of the molecule is C[Si](C)(C)C(c1ccccc1)c1cccc(F)c1. The van der Waals surface area contributed by atoms with Crippen molar-refractivity contribution in [2.24, 2.45) is 0 Å². The number of hydrogen-bond acceptors (Lipinski definition) is 0. The lowest BCUT2D eigenvalue weighted by Gasteiger charge is -2.30. The fraction of sp³-hybridized carbons (Fsp3) is 0.250. The Bertz CT molecular complexity index is 514. The second kappa shape index (κ2) is 5.07. The number of halogens is 1. The van der Waals surface area contributed by atoms with Crippen LogP contribution in [0.25, 0.3) is 0 Å². The first-order valence-electron chi connectivity index (χ1n) is 6.29. The third-order valence-corrected chi connectivity index (χ3v) is 5.58. The molecule has 0 bridgehead atoms. The van der Waals surface area contributed by atoms with E-state index in [0.717, 1.165) is 5.56 Å². The summed E-state index contributed by atoms with van der Waals surface area (Å²) < 4.78 is 13.4. The van der Waals surface area contributed by atoms with Crippen molar-refractivity contribution in [3.8, 4) is 0 Å². The van der Waals surface area contributed by atoms with Gasteiger partial charge in [-0.2, -0.15) is 0 Å². The Labute approximate surface area is 109 Å². The van der Waals surface area contributed by atoms with Crippen LogP contribution in [0, 0.1) is 5.82 Å². The summed E-state index contributed by atoms with van der Waals surface area (Å²) in [5, 5.41) is 0. The quantitative estimate of drug-likeness (QED) is 0.691. The summed E-state index contributed by atoms with van der Waals surface area (Å²) in [5.41, 5.74) is 2.73. The standard InChI is InChI=1S/C16H19FSi/c1-18(2,3)16(13-8-5-4-6-9-13)14-10-7-11-15(17)12-14/h4-12,16H,1-3H3. The molecular weight excluding hydrogens is 239 g/mol. The van der Waals surface area contributed by atoms with Crippen molar-refractivity contribution < 1.29 is 4.39 Å². The molecule has 0 nitrogen and oxygen atoms in total. The molecule has 0 N–H and O–H groups in total. The largest absolute Gasteiger partial charge is 0.207 e. The molecule has 1 atom stereocenters. The summed E-state index contributed by atoms with van der Waals surface area (Å²) in [6.45, 7) is 6.99. The van der Waals surface area contributed by atoms with E-state index in [0.29, 0.717) is 5.54 Å². The third kappa shape index (κ3) is 2.88. The Morgan fingerprint density at radius 1 is 0.833 bits per heavy atom. The highest BCUT2D eigenvalue weighted by Gasteiger charge is 2.29. The number of benzene rings is 2. The molecule has 94 valence electrons. The molecule has 0 aliphatic rings. The topological polar surface area (TPSA) is 0 Å². The smallest absolute Gasteiger partial charge is 0.123 e. The van der Waals surface area contributed by atoms with E-state index >= 15 is 0 Å². The predicted octanol–water partition coefficient (Wildman–Crippen LogP) is 4.84. The molecule has 0 spiro atoms. The van der Waals surface area contributed by atoms with Crippen LogP contribution in [0.15, 0.2) is 54.6 Å². The van der Waals surface area contributed by atoms with Gasteiger partial charge in [-0.3, -0.25) is 0 Å². The van der Waals surface area contributed by atoms with Gasteiger partial charge in [0.25, 0.3) is 0 Å². The van der Waals surface area contributed by atoms with Crippen LogP contribution in [0.2, 0.25) is 19.6 Å². The molecule has 0 saturated heterocycles. The molecule has 2 heteroatoms. The van der Waals surface area contributed by atoms with Gasteiger partial charge in [0, 0.05) is 5.54 Å². The minimum atomic E-state index is -1.46. The highest BCUT2D eigenvalue weighted by Crippen LogP contribution is 2.33. The van der Waals surface area contributed by atoms with E-state index in [-0.39, 0.29) is 5.82 Å². The van der Waals surface area contributed by atoms with E-state index in [9.17, 15) is 4.39 Å². The van der Waals surface area contributed by atoms with Crippen molar-refractivity contribution in [1.82, 2.24) is 0 Å². The van der Waals surface area contributed by atoms with Gasteiger partial charge in [0.1, 0.15) is 5.82 Å². The molecule has 2 rings (SSSR count). The second-order valence-electron chi connectivity index (χ2n) is 5.76. The molecule has 2 aromatic carbocycles. The Kier molecular flexibility index (Phi) is 3.67. The van der Waals surface area contributed by atoms with E-state index in [1.165, 1.54) is 11.6 Å². The Balaban J connectivity index is 2.51. The summed E-state index contributed by atoms with van der Waals surface area (Å²) in [4.78, 5) is 0. The van der Waals surface area contributed by atoms with Gasteiger partial charge in [-0.25, -0.2) is 4.39 Å². The van der Waals surface area contributed by atoms with Gasteiger partial charge in [-0.15, -0.1) is 0 Å². The maximum atomic E-state index is 13.4. The molecule has 0 aliphatic carbocycles. The Morgan fingerprint density at radius 2 is 1.44 bits per heavy atom. The van der Waals surface area contributed by atoms with Crippen LogP contribution in [0.5, 0.6) is 0 Å². The molecular formula is C16H19FSi. The molecule has 0 amide bonds. The van der Waals surface area contributed by atoms with Crippen LogP contribution >= 0.6 is 0 Å². The van der Waals surface area contributed by atoms with Crippen LogP contribution in [0.3, 0.4) is 0 Å². The minimum Gasteiger partial charge on any atom is -0.207 e. The lowest BCUT2D eigenvalue weighted by Crippen LogP contribution is -2.31. The van der Waals surface area contributed by atoms with Crippen molar-refractivity contribution in [2.75, 3.05) is 0 Å². The first-order valence-corrected chi connectivity index (χ1v) is 9.86. The van der Waals surface area contributed by atoms with Gasteiger partial charge < -0.3 is 0 Å². The first kappa shape index (κ1) is 13.0. The first-order chi connectivity index (χ1) is 8.48. The molecule has 0 aromatic heterocycles. The normalized spacial score (nSPS) is 13.3. The maximum Gasteiger partial charge on any atom is 0.123 e. The van der Waals surface area contributed by atoms with E-state index in [1.54, 1.807) is 12.1 Å². The average molecular weight is 258 g/mol. The van der Waals surface area contributed by atoms with E-state index < -0.39 is 8.07 Å². The highest BCUT2D eigenvalue weighted by atomic mass is 28.3. The summed E-state index contributed by atoms with van der Waals surface area (Å²) in [6, 6.07) is 17.5. The van der Waals surface area contributed by atoms with Crippen molar-refractivity contribution in [2.45, 2.75) is 25.2 Å². The Hall–Kier alpha value is -1.41. The second-order valence-corrected chi connectivity index (χ2v) is 11.1. The molecule has 0 radical (unpaired) electrons. The molecule has 0 aliphatic heterocycles. The number of hydrogen-bond donors (Lipinski definition) is 0. The van der Waals surface area contributed by atoms with E-state index in [4.69, 9.17) is 0 Å². The fourth-order valence-electron chi connectivity index (χ4n) is 2.52. The average Bonchev–Trinajstić information content (AvgIpc) is 2.28. The molecule has 0 saturated carbocycles. The zero-order valence-electron chi connectivity index (χ0n) is 11.2. The van der Waals surface area contributed by atoms with Crippen molar-refractivity contribution in [3.63, 3.8) is 0 Å². The van der Waals surface area contributed by atoms with Crippen LogP contribution in [-0.4, -0.2) is 8.07 Å². The van der Waals surface area contributed by atoms with Crippen LogP contribution in [0.4, 0.5) is 4.39 Å². The predicted molar refractivity (Wildman–Crippen MR) is 78.0 cm³/mol. The van der Waals surface area contributed by atoms with Crippen LogP contribution in [-0.2, 0) is 0 Å². The van der Waals surface area contributed by atoms with Gasteiger partial charge in [0.05, 0.1) is 8.07 Å². The fourth-order valence-corrected chi connectivity index (χ4v) is 4.90. The summed E-state index contributed by atoms with van der Waals surface area (Å²) in [5.74, 6) is -0.147. The summed E-state index contributed by atoms with van der Waals surface area (Å²) in [6.07, 6.45) is 0. The van der Waals surface area contributed by atoms with Crippen molar-refractivity contribution >= 4 is 8.07 Å². The van der Waals surface area contributed by atoms with Crippen LogP contribution < -0.4 is 0 Å². The van der Waals surface area contributed by atoms with Gasteiger partial charge in [-0.1, -0.05) is 62.1 Å². The molecule has 18 heavy (non-hydrogen) atoms. The van der Waals surface area contributed by atoms with E-state index in [1.807, 2.05) is 12.1 Å². The molecule has 2 aromatic rings. The monoisotopic (exact) mass is 258 g/mol. The lowest BCUT2D eigenvalue weighted by atomic mass is 10.0. The number of rotatable bonds is 3. The van der Waals surface area contributed by atoms with Gasteiger partial charge in [0.2, 0.25) is 0 Å². The summed E-state index contributed by atoms with van der Waals surface area (Å²) >= 11 is 0. The van der Waals surface area contributed by atoms with Crippen molar-refractivity contribution in [1.29, 1.82) is 0 Å². The minimum absolute atomic E-state index is 0.147. The zero-order valence-corrected chi connectivity index (χ0v) is 12.2. The van der Waals surface area contributed by atoms with E-state index in [2.05, 4.69) is 43.9 Å². The van der Waals surface area contributed by atoms with Gasteiger partial charge >= 0.3 is 0 Å². The van der Waals surface area contributed by atoms with Gasteiger partial charge in [-0.05, 0) is 23.3 Å². The molecule has 0 fully saturated rings. The lowest BCUT2D eigenvalue weighted by molar-refractivity contribution is 0.625. The third-order valence-electron chi connectivity index (χ3n) is 3.18. The summed E-state index contributed by atoms with van der Waals surface area (Å²) in [7, 11) is -1.46. The highest BCUT2D eigenvalue weighted by molar-refractivity contribution is 6.78. The molecule has 1 unspecified atom stereocenters. The Morgan fingerprint density at radius 3 is 2.00 bits per heavy atom. The molecule has 0 heterocycles. The maximum absolute atomic E-state index is 13.4. The van der Waals surface area contributed by atoms with Gasteiger partial charge in [0.15, 0.2) is 0 Å².